The maximum absolute atomic E-state index is 5.71. The Labute approximate surface area is 128 Å². The number of pyridine rings is 1. The number of hydrogen-bond donors (Lipinski definition) is 0. The van der Waals surface area contributed by atoms with Gasteiger partial charge in [0.05, 0.1) is 0 Å². The molecule has 3 nitrogen and oxygen atoms in total. The molecule has 106 valence electrons. The van der Waals surface area contributed by atoms with E-state index in [1.807, 2.05) is 42.6 Å². The Balaban J connectivity index is 1.65. The lowest BCUT2D eigenvalue weighted by atomic mass is 10.2. The second-order valence-corrected chi connectivity index (χ2v) is 5.59. The summed E-state index contributed by atoms with van der Waals surface area (Å²) in [5, 5.41) is 0. The molecule has 0 radical (unpaired) electrons. The molecule has 0 spiro atoms. The first kappa shape index (κ1) is 15.0. The van der Waals surface area contributed by atoms with Gasteiger partial charge < -0.3 is 9.64 Å². The molecule has 0 aliphatic carbocycles. The molecule has 1 aromatic heterocycles. The molecule has 1 aromatic carbocycles. The van der Waals surface area contributed by atoms with Crippen molar-refractivity contribution in [2.45, 2.75) is 6.42 Å². The zero-order valence-corrected chi connectivity index (χ0v) is 13.2. The third-order valence-electron chi connectivity index (χ3n) is 3.03. The Hall–Kier alpha value is -1.39. The topological polar surface area (TPSA) is 25.4 Å². The van der Waals surface area contributed by atoms with Gasteiger partial charge in [0, 0.05) is 35.9 Å². The van der Waals surface area contributed by atoms with E-state index >= 15 is 0 Å². The summed E-state index contributed by atoms with van der Waals surface area (Å²) in [6, 6.07) is 13.9. The van der Waals surface area contributed by atoms with Crippen molar-refractivity contribution in [3.8, 4) is 5.75 Å². The van der Waals surface area contributed by atoms with Crippen LogP contribution in [0, 0.1) is 0 Å². The average molecular weight is 335 g/mol. The minimum atomic E-state index is 0.695. The molecule has 4 heteroatoms. The number of hydrogen-bond acceptors (Lipinski definition) is 3. The minimum absolute atomic E-state index is 0.695. The van der Waals surface area contributed by atoms with E-state index in [2.05, 4.69) is 38.9 Å². The monoisotopic (exact) mass is 334 g/mol. The van der Waals surface area contributed by atoms with Gasteiger partial charge in [-0.15, -0.1) is 0 Å². The predicted molar refractivity (Wildman–Crippen MR) is 85.1 cm³/mol. The van der Waals surface area contributed by atoms with Gasteiger partial charge >= 0.3 is 0 Å². The lowest BCUT2D eigenvalue weighted by molar-refractivity contribution is 0.238. The number of aromatic nitrogens is 1. The highest BCUT2D eigenvalue weighted by molar-refractivity contribution is 9.10. The Kier molecular flexibility index (Phi) is 6.02. The minimum Gasteiger partial charge on any atom is -0.492 e. The van der Waals surface area contributed by atoms with E-state index in [4.69, 9.17) is 4.74 Å². The highest BCUT2D eigenvalue weighted by Gasteiger charge is 2.01. The van der Waals surface area contributed by atoms with E-state index in [-0.39, 0.29) is 0 Å². The van der Waals surface area contributed by atoms with Crippen molar-refractivity contribution in [1.29, 1.82) is 0 Å². The first-order valence-corrected chi connectivity index (χ1v) is 7.50. The Morgan fingerprint density at radius 2 is 1.90 bits per heavy atom. The van der Waals surface area contributed by atoms with Crippen molar-refractivity contribution in [3.63, 3.8) is 0 Å². The van der Waals surface area contributed by atoms with Crippen LogP contribution in [-0.2, 0) is 6.42 Å². The maximum Gasteiger partial charge on any atom is 0.119 e. The van der Waals surface area contributed by atoms with Crippen molar-refractivity contribution in [2.75, 3.05) is 26.7 Å². The van der Waals surface area contributed by atoms with Crippen molar-refractivity contribution < 1.29 is 4.74 Å². The van der Waals surface area contributed by atoms with E-state index in [1.165, 1.54) is 0 Å². The van der Waals surface area contributed by atoms with Crippen molar-refractivity contribution in [2.24, 2.45) is 0 Å². The van der Waals surface area contributed by atoms with Crippen LogP contribution in [0.1, 0.15) is 5.69 Å². The van der Waals surface area contributed by atoms with Crippen LogP contribution >= 0.6 is 15.9 Å². The fourth-order valence-electron chi connectivity index (χ4n) is 1.81. The number of halogens is 1. The molecule has 2 rings (SSSR count). The van der Waals surface area contributed by atoms with Gasteiger partial charge in [-0.05, 0) is 43.4 Å². The summed E-state index contributed by atoms with van der Waals surface area (Å²) in [5.74, 6) is 0.909. The third-order valence-corrected chi connectivity index (χ3v) is 3.56. The molecule has 0 N–H and O–H groups in total. The first-order chi connectivity index (χ1) is 9.74. The summed E-state index contributed by atoms with van der Waals surface area (Å²) >= 11 is 3.41. The summed E-state index contributed by atoms with van der Waals surface area (Å²) in [5.41, 5.74) is 1.13. The van der Waals surface area contributed by atoms with E-state index in [0.29, 0.717) is 6.61 Å². The summed E-state index contributed by atoms with van der Waals surface area (Å²) in [6.07, 6.45) is 2.81. The van der Waals surface area contributed by atoms with E-state index in [0.717, 1.165) is 35.4 Å². The largest absolute Gasteiger partial charge is 0.492 e. The molecule has 2 aromatic rings. The van der Waals surface area contributed by atoms with E-state index in [1.54, 1.807) is 0 Å². The Bertz CT molecular complexity index is 502. The molecular formula is C16H19BrN2O. The number of ether oxygens (including phenoxy) is 1. The summed E-state index contributed by atoms with van der Waals surface area (Å²) in [6.45, 7) is 2.59. The van der Waals surface area contributed by atoms with Crippen LogP contribution in [0.4, 0.5) is 0 Å². The highest BCUT2D eigenvalue weighted by Crippen LogP contribution is 2.15. The van der Waals surface area contributed by atoms with Crippen LogP contribution in [0.25, 0.3) is 0 Å². The van der Waals surface area contributed by atoms with Gasteiger partial charge in [0.25, 0.3) is 0 Å². The number of likely N-dealkylation sites (N-methyl/N-ethyl adjacent to an activating group) is 1. The molecule has 0 aliphatic rings. The van der Waals surface area contributed by atoms with E-state index < -0.39 is 0 Å². The zero-order valence-electron chi connectivity index (χ0n) is 11.6. The van der Waals surface area contributed by atoms with Crippen LogP contribution in [-0.4, -0.2) is 36.6 Å². The first-order valence-electron chi connectivity index (χ1n) is 6.71. The molecule has 0 atom stereocenters. The molecule has 20 heavy (non-hydrogen) atoms. The molecule has 0 aliphatic heterocycles. The number of rotatable bonds is 7. The van der Waals surface area contributed by atoms with Crippen LogP contribution in [0.2, 0.25) is 0 Å². The SMILES string of the molecule is CN(CCOc1ccc(Br)cc1)CCc1ccccn1. The third kappa shape index (κ3) is 5.31. The standard InChI is InChI=1S/C16H19BrN2O/c1-19(11-9-15-4-2-3-10-18-15)12-13-20-16-7-5-14(17)6-8-16/h2-8,10H,9,11-13H2,1H3. The molecule has 0 amide bonds. The van der Waals surface area contributed by atoms with Crippen molar-refractivity contribution in [1.82, 2.24) is 9.88 Å². The van der Waals surface area contributed by atoms with Crippen molar-refractivity contribution in [3.05, 3.63) is 58.8 Å². The number of benzene rings is 1. The second-order valence-electron chi connectivity index (χ2n) is 4.68. The van der Waals surface area contributed by atoms with Crippen LogP contribution in [0.3, 0.4) is 0 Å². The normalized spacial score (nSPS) is 10.8. The number of nitrogens with zero attached hydrogens (tertiary/aromatic N) is 2. The van der Waals surface area contributed by atoms with Gasteiger partial charge in [0.15, 0.2) is 0 Å². The summed E-state index contributed by atoms with van der Waals surface area (Å²) in [4.78, 5) is 6.58. The molecule has 0 saturated carbocycles. The molecule has 0 bridgehead atoms. The Morgan fingerprint density at radius 1 is 1.10 bits per heavy atom. The smallest absolute Gasteiger partial charge is 0.119 e. The van der Waals surface area contributed by atoms with E-state index in [9.17, 15) is 0 Å². The molecule has 0 saturated heterocycles. The van der Waals surface area contributed by atoms with Crippen LogP contribution in [0.5, 0.6) is 5.75 Å². The average Bonchev–Trinajstić information content (AvgIpc) is 2.48. The van der Waals surface area contributed by atoms with Crippen molar-refractivity contribution >= 4 is 15.9 Å². The summed E-state index contributed by atoms with van der Waals surface area (Å²) in [7, 11) is 2.11. The lowest BCUT2D eigenvalue weighted by Gasteiger charge is -2.16. The zero-order chi connectivity index (χ0) is 14.2. The van der Waals surface area contributed by atoms with Gasteiger partial charge in [-0.1, -0.05) is 22.0 Å². The van der Waals surface area contributed by atoms with Gasteiger partial charge in [-0.2, -0.15) is 0 Å². The van der Waals surface area contributed by atoms with Gasteiger partial charge in [-0.25, -0.2) is 0 Å². The van der Waals surface area contributed by atoms with Gasteiger partial charge in [0.1, 0.15) is 12.4 Å². The van der Waals surface area contributed by atoms with Crippen LogP contribution < -0.4 is 4.74 Å². The summed E-state index contributed by atoms with van der Waals surface area (Å²) < 4.78 is 6.77. The van der Waals surface area contributed by atoms with Gasteiger partial charge in [0.2, 0.25) is 0 Å². The molecular weight excluding hydrogens is 316 g/mol. The Morgan fingerprint density at radius 3 is 2.60 bits per heavy atom. The molecule has 0 fully saturated rings. The predicted octanol–water partition coefficient (Wildman–Crippen LogP) is 3.40. The van der Waals surface area contributed by atoms with Gasteiger partial charge in [-0.3, -0.25) is 4.98 Å². The quantitative estimate of drug-likeness (QED) is 0.775. The van der Waals surface area contributed by atoms with Crippen LogP contribution in [0.15, 0.2) is 53.1 Å². The second kappa shape index (κ2) is 8.02. The maximum atomic E-state index is 5.71. The fourth-order valence-corrected chi connectivity index (χ4v) is 2.08. The highest BCUT2D eigenvalue weighted by atomic mass is 79.9. The molecule has 1 heterocycles. The lowest BCUT2D eigenvalue weighted by Crippen LogP contribution is -2.26. The molecule has 0 unspecified atom stereocenters. The fraction of sp³-hybridized carbons (Fsp3) is 0.312.